The van der Waals surface area contributed by atoms with Gasteiger partial charge in [-0.15, -0.1) is 0 Å². The van der Waals surface area contributed by atoms with Crippen molar-refractivity contribution in [1.29, 1.82) is 0 Å². The summed E-state index contributed by atoms with van der Waals surface area (Å²) in [6.07, 6.45) is 0. The molecule has 0 saturated carbocycles. The Morgan fingerprint density at radius 2 is 1.23 bits per heavy atom. The Bertz CT molecular complexity index is 1580. The number of rotatable bonds is 2. The lowest BCUT2D eigenvalue weighted by Crippen LogP contribution is -1.96. The fourth-order valence-corrected chi connectivity index (χ4v) is 4.60. The molecule has 5 aromatic carbocycles. The quantitative estimate of drug-likeness (QED) is 0.282. The highest BCUT2D eigenvalue weighted by atomic mass is 14.9. The molecule has 1 aromatic heterocycles. The van der Waals surface area contributed by atoms with E-state index in [9.17, 15) is 0 Å². The first kappa shape index (κ1) is 17.8. The Morgan fingerprint density at radius 1 is 0.548 bits per heavy atom. The van der Waals surface area contributed by atoms with Crippen molar-refractivity contribution in [3.8, 4) is 22.4 Å². The highest BCUT2D eigenvalue weighted by molar-refractivity contribution is 6.18. The highest BCUT2D eigenvalue weighted by Gasteiger charge is 2.16. The third kappa shape index (κ3) is 2.88. The van der Waals surface area contributed by atoms with Crippen molar-refractivity contribution in [2.45, 2.75) is 6.92 Å². The van der Waals surface area contributed by atoms with Gasteiger partial charge in [0.05, 0.1) is 11.2 Å². The van der Waals surface area contributed by atoms with E-state index in [1.165, 1.54) is 32.7 Å². The van der Waals surface area contributed by atoms with Gasteiger partial charge in [0.1, 0.15) is 5.82 Å². The number of benzene rings is 5. The Kier molecular flexibility index (Phi) is 4.03. The molecule has 0 N–H and O–H groups in total. The predicted octanol–water partition coefficient (Wildman–Crippen LogP) is 7.58. The molecule has 2 heteroatoms. The number of aromatic nitrogens is 2. The van der Waals surface area contributed by atoms with Gasteiger partial charge in [-0.1, -0.05) is 97.1 Å². The van der Waals surface area contributed by atoms with Gasteiger partial charge >= 0.3 is 0 Å². The highest BCUT2D eigenvalue weighted by Crippen LogP contribution is 2.40. The van der Waals surface area contributed by atoms with E-state index in [-0.39, 0.29) is 0 Å². The molecular weight excluding hydrogens is 376 g/mol. The van der Waals surface area contributed by atoms with E-state index in [0.717, 1.165) is 28.0 Å². The van der Waals surface area contributed by atoms with Crippen LogP contribution >= 0.6 is 0 Å². The molecule has 1 heterocycles. The normalized spacial score (nSPS) is 11.4. The second kappa shape index (κ2) is 7.03. The van der Waals surface area contributed by atoms with Gasteiger partial charge in [0.15, 0.2) is 0 Å². The van der Waals surface area contributed by atoms with Gasteiger partial charge in [0.2, 0.25) is 0 Å². The second-order valence-corrected chi connectivity index (χ2v) is 7.88. The fourth-order valence-electron chi connectivity index (χ4n) is 4.60. The van der Waals surface area contributed by atoms with E-state index in [1.54, 1.807) is 0 Å². The summed E-state index contributed by atoms with van der Waals surface area (Å²) in [4.78, 5) is 9.73. The molecule has 0 unspecified atom stereocenters. The molecule has 0 aliphatic carbocycles. The van der Waals surface area contributed by atoms with Gasteiger partial charge in [0.25, 0.3) is 0 Å². The molecule has 0 aliphatic heterocycles. The first-order valence-corrected chi connectivity index (χ1v) is 10.5. The van der Waals surface area contributed by atoms with Gasteiger partial charge in [-0.25, -0.2) is 9.97 Å². The maximum absolute atomic E-state index is 4.87. The minimum Gasteiger partial charge on any atom is -0.233 e. The lowest BCUT2D eigenvalue weighted by Gasteiger charge is -2.15. The molecule has 0 bridgehead atoms. The number of fused-ring (bicyclic) bond motifs is 4. The molecule has 0 fully saturated rings. The van der Waals surface area contributed by atoms with E-state index < -0.39 is 0 Å². The molecule has 2 nitrogen and oxygen atoms in total. The summed E-state index contributed by atoms with van der Waals surface area (Å²) in [7, 11) is 0. The first-order valence-electron chi connectivity index (χ1n) is 10.5. The Hall–Kier alpha value is -4.04. The number of hydrogen-bond acceptors (Lipinski definition) is 2. The van der Waals surface area contributed by atoms with Crippen molar-refractivity contribution in [3.05, 3.63) is 109 Å². The van der Waals surface area contributed by atoms with Crippen LogP contribution in [0.3, 0.4) is 0 Å². The maximum Gasteiger partial charge on any atom is 0.126 e. The van der Waals surface area contributed by atoms with Crippen LogP contribution in [0.25, 0.3) is 54.8 Å². The molecule has 0 amide bonds. The molecule has 6 aromatic rings. The molecular formula is C29H20N2. The van der Waals surface area contributed by atoms with Crippen LogP contribution in [0.2, 0.25) is 0 Å². The Morgan fingerprint density at radius 3 is 2.06 bits per heavy atom. The summed E-state index contributed by atoms with van der Waals surface area (Å²) in [5, 5.41) is 6.01. The third-order valence-electron chi connectivity index (χ3n) is 5.94. The van der Waals surface area contributed by atoms with Crippen molar-refractivity contribution in [2.75, 3.05) is 0 Å². The summed E-state index contributed by atoms with van der Waals surface area (Å²) in [5.74, 6) is 0.783. The number of aryl methyl sites for hydroxylation is 1. The van der Waals surface area contributed by atoms with Crippen molar-refractivity contribution < 1.29 is 0 Å². The molecule has 0 atom stereocenters. The molecule has 0 radical (unpaired) electrons. The zero-order valence-electron chi connectivity index (χ0n) is 17.2. The SMILES string of the molecule is Cc1nc(-c2ccccc2)c2c(cc(-c3cccc4ccccc34)c3ccccc32)n1. The standard InChI is InChI=1S/C29H20N2/c1-19-30-27-18-26(23-17-9-13-20-10-5-6-14-22(20)23)24-15-7-8-16-25(24)28(27)29(31-19)21-11-3-2-4-12-21/h2-18H,1H3. The molecule has 0 aliphatic rings. The largest absolute Gasteiger partial charge is 0.233 e. The smallest absolute Gasteiger partial charge is 0.126 e. The van der Waals surface area contributed by atoms with E-state index in [4.69, 9.17) is 9.97 Å². The number of nitrogens with zero attached hydrogens (tertiary/aromatic N) is 2. The van der Waals surface area contributed by atoms with Crippen molar-refractivity contribution in [1.82, 2.24) is 9.97 Å². The minimum atomic E-state index is 0.783. The van der Waals surface area contributed by atoms with Crippen LogP contribution in [0.15, 0.2) is 103 Å². The lowest BCUT2D eigenvalue weighted by molar-refractivity contribution is 1.10. The van der Waals surface area contributed by atoms with Crippen LogP contribution in [0.1, 0.15) is 5.82 Å². The molecule has 31 heavy (non-hydrogen) atoms. The van der Waals surface area contributed by atoms with Gasteiger partial charge in [0, 0.05) is 10.9 Å². The van der Waals surface area contributed by atoms with Crippen LogP contribution in [0.4, 0.5) is 0 Å². The van der Waals surface area contributed by atoms with Gasteiger partial charge in [-0.2, -0.15) is 0 Å². The van der Waals surface area contributed by atoms with E-state index in [0.29, 0.717) is 0 Å². The van der Waals surface area contributed by atoms with Crippen molar-refractivity contribution in [2.24, 2.45) is 0 Å². The minimum absolute atomic E-state index is 0.783. The summed E-state index contributed by atoms with van der Waals surface area (Å²) >= 11 is 0. The summed E-state index contributed by atoms with van der Waals surface area (Å²) in [6, 6.07) is 36.3. The molecule has 6 rings (SSSR count). The van der Waals surface area contributed by atoms with E-state index in [1.807, 2.05) is 13.0 Å². The number of hydrogen-bond donors (Lipinski definition) is 0. The Labute approximate surface area is 180 Å². The van der Waals surface area contributed by atoms with Crippen LogP contribution in [0.5, 0.6) is 0 Å². The Balaban J connectivity index is 1.78. The molecule has 0 spiro atoms. The third-order valence-corrected chi connectivity index (χ3v) is 5.94. The average molecular weight is 396 g/mol. The van der Waals surface area contributed by atoms with Crippen molar-refractivity contribution in [3.63, 3.8) is 0 Å². The lowest BCUT2D eigenvalue weighted by atomic mass is 9.91. The van der Waals surface area contributed by atoms with Gasteiger partial charge < -0.3 is 0 Å². The van der Waals surface area contributed by atoms with Crippen LogP contribution in [0, 0.1) is 6.92 Å². The average Bonchev–Trinajstić information content (AvgIpc) is 2.83. The predicted molar refractivity (Wildman–Crippen MR) is 130 cm³/mol. The summed E-state index contributed by atoms with van der Waals surface area (Å²) in [6.45, 7) is 1.97. The van der Waals surface area contributed by atoms with Gasteiger partial charge in [-0.05, 0) is 45.7 Å². The topological polar surface area (TPSA) is 25.8 Å². The van der Waals surface area contributed by atoms with E-state index >= 15 is 0 Å². The first-order chi connectivity index (χ1) is 15.3. The fraction of sp³-hybridized carbons (Fsp3) is 0.0345. The second-order valence-electron chi connectivity index (χ2n) is 7.88. The zero-order chi connectivity index (χ0) is 20.8. The summed E-state index contributed by atoms with van der Waals surface area (Å²) in [5.41, 5.74) is 5.52. The molecule has 0 saturated heterocycles. The maximum atomic E-state index is 4.87. The summed E-state index contributed by atoms with van der Waals surface area (Å²) < 4.78 is 0. The van der Waals surface area contributed by atoms with Crippen LogP contribution in [-0.4, -0.2) is 9.97 Å². The molecule has 146 valence electrons. The van der Waals surface area contributed by atoms with Crippen molar-refractivity contribution >= 4 is 32.4 Å². The van der Waals surface area contributed by atoms with Gasteiger partial charge in [-0.3, -0.25) is 0 Å². The van der Waals surface area contributed by atoms with E-state index in [2.05, 4.69) is 97.1 Å². The van der Waals surface area contributed by atoms with Crippen LogP contribution in [-0.2, 0) is 0 Å². The van der Waals surface area contributed by atoms with Crippen LogP contribution < -0.4 is 0 Å². The zero-order valence-corrected chi connectivity index (χ0v) is 17.2. The monoisotopic (exact) mass is 396 g/mol.